The largest absolute Gasteiger partial charge is 0.480 e. The van der Waals surface area contributed by atoms with Gasteiger partial charge in [0.1, 0.15) is 6.04 Å². The number of aliphatic carboxylic acids is 1. The molecule has 1 rings (SSSR count). The molecule has 0 aromatic rings. The van der Waals surface area contributed by atoms with Crippen LogP contribution in [-0.2, 0) is 14.3 Å². The first-order chi connectivity index (χ1) is 9.68. The Bertz CT molecular complexity index is 424. The Morgan fingerprint density at radius 3 is 2.48 bits per heavy atom. The SMILES string of the molecule is COC1CC(NC(=O)N[C@H](CCC(N)=O)C(=O)O)C1(C)C. The second-order valence-corrected chi connectivity index (χ2v) is 5.85. The average molecular weight is 301 g/mol. The molecule has 0 aromatic heterocycles. The van der Waals surface area contributed by atoms with Crippen molar-refractivity contribution in [3.8, 4) is 0 Å². The molecule has 21 heavy (non-hydrogen) atoms. The Morgan fingerprint density at radius 2 is 2.05 bits per heavy atom. The van der Waals surface area contributed by atoms with Crippen molar-refractivity contribution in [2.24, 2.45) is 11.1 Å². The fourth-order valence-electron chi connectivity index (χ4n) is 2.43. The molecule has 1 aliphatic carbocycles. The van der Waals surface area contributed by atoms with Gasteiger partial charge in [-0.15, -0.1) is 0 Å². The van der Waals surface area contributed by atoms with Gasteiger partial charge in [-0.3, -0.25) is 4.79 Å². The lowest BCUT2D eigenvalue weighted by Crippen LogP contribution is -2.63. The number of primary amides is 1. The van der Waals surface area contributed by atoms with E-state index in [1.54, 1.807) is 7.11 Å². The summed E-state index contributed by atoms with van der Waals surface area (Å²) in [5, 5.41) is 14.1. The number of nitrogens with one attached hydrogen (secondary N) is 2. The molecule has 0 heterocycles. The molecule has 0 saturated heterocycles. The summed E-state index contributed by atoms with van der Waals surface area (Å²) in [5.74, 6) is -1.81. The smallest absolute Gasteiger partial charge is 0.326 e. The summed E-state index contributed by atoms with van der Waals surface area (Å²) in [4.78, 5) is 33.6. The van der Waals surface area contributed by atoms with E-state index in [2.05, 4.69) is 10.6 Å². The Kier molecular flexibility index (Phi) is 5.54. The molecule has 0 aromatic carbocycles. The number of hydrogen-bond donors (Lipinski definition) is 4. The molecule has 8 nitrogen and oxygen atoms in total. The molecule has 0 aliphatic heterocycles. The number of carbonyl (C=O) groups is 3. The van der Waals surface area contributed by atoms with Crippen molar-refractivity contribution in [2.75, 3.05) is 7.11 Å². The van der Waals surface area contributed by atoms with Crippen LogP contribution < -0.4 is 16.4 Å². The molecule has 2 unspecified atom stereocenters. The maximum absolute atomic E-state index is 11.8. The zero-order valence-corrected chi connectivity index (χ0v) is 12.5. The average Bonchev–Trinajstić information content (AvgIpc) is 2.38. The topological polar surface area (TPSA) is 131 Å². The van der Waals surface area contributed by atoms with Crippen molar-refractivity contribution in [3.05, 3.63) is 0 Å². The highest BCUT2D eigenvalue weighted by atomic mass is 16.5. The van der Waals surface area contributed by atoms with Crippen LogP contribution >= 0.6 is 0 Å². The van der Waals surface area contributed by atoms with Crippen LogP contribution in [0.5, 0.6) is 0 Å². The Labute approximate surface area is 123 Å². The number of carboxylic acids is 1. The Balaban J connectivity index is 2.48. The maximum atomic E-state index is 11.8. The van der Waals surface area contributed by atoms with Crippen LogP contribution in [0.15, 0.2) is 0 Å². The lowest BCUT2D eigenvalue weighted by molar-refractivity contribution is -0.139. The summed E-state index contributed by atoms with van der Waals surface area (Å²) in [5.41, 5.74) is 4.76. The Morgan fingerprint density at radius 1 is 1.43 bits per heavy atom. The van der Waals surface area contributed by atoms with Crippen LogP contribution in [0.3, 0.4) is 0 Å². The van der Waals surface area contributed by atoms with Gasteiger partial charge in [-0.25, -0.2) is 9.59 Å². The van der Waals surface area contributed by atoms with Crippen molar-refractivity contribution in [1.29, 1.82) is 0 Å². The van der Waals surface area contributed by atoms with E-state index in [9.17, 15) is 14.4 Å². The number of methoxy groups -OCH3 is 1. The van der Waals surface area contributed by atoms with Crippen molar-refractivity contribution < 1.29 is 24.2 Å². The first kappa shape index (κ1) is 17.2. The van der Waals surface area contributed by atoms with Gasteiger partial charge in [0.25, 0.3) is 0 Å². The molecule has 8 heteroatoms. The molecular weight excluding hydrogens is 278 g/mol. The van der Waals surface area contributed by atoms with E-state index in [1.807, 2.05) is 13.8 Å². The summed E-state index contributed by atoms with van der Waals surface area (Å²) in [6.45, 7) is 3.94. The molecule has 3 atom stereocenters. The summed E-state index contributed by atoms with van der Waals surface area (Å²) >= 11 is 0. The molecule has 1 fully saturated rings. The van der Waals surface area contributed by atoms with Crippen LogP contribution in [0, 0.1) is 5.41 Å². The quantitative estimate of drug-likeness (QED) is 0.518. The number of hydrogen-bond acceptors (Lipinski definition) is 4. The lowest BCUT2D eigenvalue weighted by atomic mass is 9.64. The summed E-state index contributed by atoms with van der Waals surface area (Å²) < 4.78 is 5.28. The number of ether oxygens (including phenoxy) is 1. The predicted octanol–water partition coefficient (Wildman–Crippen LogP) is -0.182. The molecular formula is C13H23N3O5. The summed E-state index contributed by atoms with van der Waals surface area (Å²) in [7, 11) is 1.62. The second-order valence-electron chi connectivity index (χ2n) is 5.85. The predicted molar refractivity (Wildman–Crippen MR) is 74.5 cm³/mol. The first-order valence-corrected chi connectivity index (χ1v) is 6.79. The highest BCUT2D eigenvalue weighted by Gasteiger charge is 2.49. The van der Waals surface area contributed by atoms with Crippen molar-refractivity contribution in [3.63, 3.8) is 0 Å². The van der Waals surface area contributed by atoms with E-state index in [4.69, 9.17) is 15.6 Å². The van der Waals surface area contributed by atoms with Gasteiger partial charge in [0, 0.05) is 25.0 Å². The summed E-state index contributed by atoms with van der Waals surface area (Å²) in [6.07, 6.45) is 0.605. The van der Waals surface area contributed by atoms with Crippen LogP contribution in [0.2, 0.25) is 0 Å². The monoisotopic (exact) mass is 301 g/mol. The van der Waals surface area contributed by atoms with Gasteiger partial charge >= 0.3 is 12.0 Å². The van der Waals surface area contributed by atoms with E-state index in [1.165, 1.54) is 0 Å². The van der Waals surface area contributed by atoms with Gasteiger partial charge in [-0.1, -0.05) is 13.8 Å². The van der Waals surface area contributed by atoms with Gasteiger partial charge in [0.05, 0.1) is 6.10 Å². The highest BCUT2D eigenvalue weighted by Crippen LogP contribution is 2.42. The number of carbonyl (C=O) groups excluding carboxylic acids is 2. The molecule has 1 aliphatic rings. The first-order valence-electron chi connectivity index (χ1n) is 6.79. The van der Waals surface area contributed by atoms with E-state index in [0.29, 0.717) is 6.42 Å². The summed E-state index contributed by atoms with van der Waals surface area (Å²) in [6, 6.07) is -1.80. The van der Waals surface area contributed by atoms with E-state index < -0.39 is 23.9 Å². The van der Waals surface area contributed by atoms with E-state index >= 15 is 0 Å². The minimum Gasteiger partial charge on any atom is -0.480 e. The van der Waals surface area contributed by atoms with Gasteiger partial charge < -0.3 is 26.2 Å². The molecule has 5 N–H and O–H groups in total. The number of amides is 3. The second kappa shape index (κ2) is 6.75. The third-order valence-corrected chi connectivity index (χ3v) is 4.05. The molecule has 120 valence electrons. The zero-order valence-electron chi connectivity index (χ0n) is 12.5. The van der Waals surface area contributed by atoms with Gasteiger partial charge in [-0.2, -0.15) is 0 Å². The van der Waals surface area contributed by atoms with Crippen LogP contribution in [0.25, 0.3) is 0 Å². The number of rotatable bonds is 7. The minimum atomic E-state index is -1.20. The zero-order chi connectivity index (χ0) is 16.2. The van der Waals surface area contributed by atoms with Crippen LogP contribution in [-0.4, -0.2) is 48.3 Å². The van der Waals surface area contributed by atoms with Crippen molar-refractivity contribution in [2.45, 2.75) is 51.3 Å². The molecule has 3 amide bonds. The van der Waals surface area contributed by atoms with E-state index in [0.717, 1.165) is 0 Å². The third kappa shape index (κ3) is 4.32. The fraction of sp³-hybridized carbons (Fsp3) is 0.769. The van der Waals surface area contributed by atoms with Crippen molar-refractivity contribution >= 4 is 17.9 Å². The van der Waals surface area contributed by atoms with Gasteiger partial charge in [0.2, 0.25) is 5.91 Å². The number of nitrogens with two attached hydrogens (primary N) is 1. The third-order valence-electron chi connectivity index (χ3n) is 4.05. The highest BCUT2D eigenvalue weighted by molar-refractivity contribution is 5.83. The fourth-order valence-corrected chi connectivity index (χ4v) is 2.43. The van der Waals surface area contributed by atoms with Crippen molar-refractivity contribution in [1.82, 2.24) is 10.6 Å². The van der Waals surface area contributed by atoms with Gasteiger partial charge in [0.15, 0.2) is 0 Å². The molecule has 0 radical (unpaired) electrons. The Hall–Kier alpha value is -1.83. The normalized spacial score (nSPS) is 24.5. The standard InChI is InChI=1S/C13H23N3O5/c1-13(2)8(6-9(13)21-3)16-12(20)15-7(11(18)19)4-5-10(14)17/h7-9H,4-6H2,1-3H3,(H2,14,17)(H,18,19)(H2,15,16,20)/t7-,8?,9?/m1/s1. The molecule has 1 saturated carbocycles. The van der Waals surface area contributed by atoms with E-state index in [-0.39, 0.29) is 30.4 Å². The maximum Gasteiger partial charge on any atom is 0.326 e. The minimum absolute atomic E-state index is 0.0349. The van der Waals surface area contributed by atoms with Crippen LogP contribution in [0.1, 0.15) is 33.1 Å². The lowest BCUT2D eigenvalue weighted by Gasteiger charge is -2.51. The molecule has 0 spiro atoms. The number of urea groups is 1. The van der Waals surface area contributed by atoms with Gasteiger partial charge in [-0.05, 0) is 12.8 Å². The van der Waals surface area contributed by atoms with Crippen LogP contribution in [0.4, 0.5) is 4.79 Å². The number of carboxylic acid groups (broad SMARTS) is 1. The molecule has 0 bridgehead atoms.